The maximum atomic E-state index is 2.32. The summed E-state index contributed by atoms with van der Waals surface area (Å²) >= 11 is 0.479. The van der Waals surface area contributed by atoms with Crippen LogP contribution in [0.15, 0.2) is 48.5 Å². The monoisotopic (exact) mass is 259 g/mol. The Kier molecular flexibility index (Phi) is 2.09. The van der Waals surface area contributed by atoms with Gasteiger partial charge in [0.1, 0.15) is 0 Å². The van der Waals surface area contributed by atoms with Crippen LogP contribution in [0, 0.1) is 6.92 Å². The molecule has 1 heteroatoms. The number of rotatable bonds is 0. The summed E-state index contributed by atoms with van der Waals surface area (Å²) in [4.78, 5) is 0. The molecule has 0 fully saturated rings. The van der Waals surface area contributed by atoms with E-state index >= 15 is 0 Å². The molecule has 3 rings (SSSR count). The zero-order chi connectivity index (χ0) is 10.3. The fourth-order valence-corrected chi connectivity index (χ4v) is 4.17. The zero-order valence-electron chi connectivity index (χ0n) is 8.53. The Balaban J connectivity index is 2.47. The summed E-state index contributed by atoms with van der Waals surface area (Å²) in [5.74, 6) is 0. The molecular formula is C14H11Se+. The van der Waals surface area contributed by atoms with Gasteiger partial charge in [-0.05, 0) is 0 Å². The summed E-state index contributed by atoms with van der Waals surface area (Å²) in [7, 11) is 0. The van der Waals surface area contributed by atoms with Crippen molar-refractivity contribution in [2.75, 3.05) is 0 Å². The van der Waals surface area contributed by atoms with Gasteiger partial charge in [-0.15, -0.1) is 0 Å². The zero-order valence-corrected chi connectivity index (χ0v) is 10.2. The molecule has 0 aliphatic carbocycles. The summed E-state index contributed by atoms with van der Waals surface area (Å²) in [5.41, 5.74) is 1.36. The van der Waals surface area contributed by atoms with E-state index in [9.17, 15) is 0 Å². The van der Waals surface area contributed by atoms with Crippen LogP contribution in [0.3, 0.4) is 0 Å². The SMILES string of the molecule is Cc1ccc2cc3ccccc3[se+]c2c1. The first-order valence-electron chi connectivity index (χ1n) is 5.05. The maximum absolute atomic E-state index is 2.32. The number of aryl methyl sites for hydroxylation is 1. The molecule has 0 saturated heterocycles. The minimum absolute atomic E-state index is 0.479. The van der Waals surface area contributed by atoms with E-state index in [1.54, 1.807) is 0 Å². The van der Waals surface area contributed by atoms with Gasteiger partial charge in [-0.1, -0.05) is 0 Å². The Morgan fingerprint density at radius 1 is 0.800 bits per heavy atom. The fourth-order valence-electron chi connectivity index (χ4n) is 1.83. The summed E-state index contributed by atoms with van der Waals surface area (Å²) < 4.78 is 3.02. The molecule has 0 unspecified atom stereocenters. The van der Waals surface area contributed by atoms with Crippen molar-refractivity contribution in [1.82, 2.24) is 0 Å². The van der Waals surface area contributed by atoms with E-state index in [0.717, 1.165) is 0 Å². The van der Waals surface area contributed by atoms with Crippen LogP contribution in [0.1, 0.15) is 5.56 Å². The Bertz CT molecular complexity index is 641. The molecule has 3 aromatic rings. The van der Waals surface area contributed by atoms with Gasteiger partial charge >= 0.3 is 94.8 Å². The standard InChI is InChI=1S/C14H11Se/c1-10-6-7-12-9-11-4-2-3-5-13(11)15-14(12)8-10/h2-9H,1H3/q+1. The molecule has 0 N–H and O–H groups in total. The van der Waals surface area contributed by atoms with Crippen LogP contribution in [-0.2, 0) is 0 Å². The van der Waals surface area contributed by atoms with Crippen LogP contribution < -0.4 is 0 Å². The second kappa shape index (κ2) is 3.44. The van der Waals surface area contributed by atoms with Crippen molar-refractivity contribution < 1.29 is 0 Å². The molecule has 0 spiro atoms. The predicted octanol–water partition coefficient (Wildman–Crippen LogP) is 3.64. The van der Waals surface area contributed by atoms with Crippen molar-refractivity contribution in [3.8, 4) is 0 Å². The van der Waals surface area contributed by atoms with Gasteiger partial charge in [0.05, 0.1) is 0 Å². The Hall–Kier alpha value is -1.17. The molecule has 0 aliphatic rings. The van der Waals surface area contributed by atoms with Gasteiger partial charge in [0.15, 0.2) is 0 Å². The molecule has 0 aliphatic heterocycles. The summed E-state index contributed by atoms with van der Waals surface area (Å²) in [5, 5.41) is 2.80. The molecule has 0 atom stereocenters. The van der Waals surface area contributed by atoms with E-state index in [1.807, 2.05) is 0 Å². The average Bonchev–Trinajstić information content (AvgIpc) is 2.26. The topological polar surface area (TPSA) is 0 Å². The molecule has 0 saturated carbocycles. The molecule has 72 valence electrons. The van der Waals surface area contributed by atoms with E-state index in [4.69, 9.17) is 0 Å². The molecular weight excluding hydrogens is 247 g/mol. The van der Waals surface area contributed by atoms with Gasteiger partial charge in [-0.3, -0.25) is 0 Å². The molecule has 0 bridgehead atoms. The van der Waals surface area contributed by atoms with Crippen LogP contribution >= 0.6 is 0 Å². The van der Waals surface area contributed by atoms with Gasteiger partial charge in [0.2, 0.25) is 0 Å². The van der Waals surface area contributed by atoms with Crippen molar-refractivity contribution in [2.24, 2.45) is 0 Å². The van der Waals surface area contributed by atoms with Crippen molar-refractivity contribution in [3.63, 3.8) is 0 Å². The second-order valence-corrected chi connectivity index (χ2v) is 6.10. The quantitative estimate of drug-likeness (QED) is 0.426. The molecule has 1 aromatic heterocycles. The first kappa shape index (κ1) is 9.08. The Morgan fingerprint density at radius 2 is 1.60 bits per heavy atom. The fraction of sp³-hybridized carbons (Fsp3) is 0.0714. The molecule has 2 aromatic carbocycles. The third-order valence-corrected chi connectivity index (χ3v) is 5.06. The van der Waals surface area contributed by atoms with E-state index in [0.29, 0.717) is 14.5 Å². The average molecular weight is 258 g/mol. The minimum atomic E-state index is 0.479. The van der Waals surface area contributed by atoms with Gasteiger partial charge in [0, 0.05) is 0 Å². The summed E-state index contributed by atoms with van der Waals surface area (Å²) in [6.45, 7) is 2.16. The summed E-state index contributed by atoms with van der Waals surface area (Å²) in [6, 6.07) is 17.8. The van der Waals surface area contributed by atoms with E-state index in [2.05, 4.69) is 55.5 Å². The van der Waals surface area contributed by atoms with Crippen molar-refractivity contribution >= 4 is 33.8 Å². The Labute approximate surface area is 94.9 Å². The van der Waals surface area contributed by atoms with Gasteiger partial charge in [-0.25, -0.2) is 0 Å². The van der Waals surface area contributed by atoms with Gasteiger partial charge < -0.3 is 0 Å². The van der Waals surface area contributed by atoms with Crippen LogP contribution in [0.4, 0.5) is 0 Å². The van der Waals surface area contributed by atoms with Crippen LogP contribution in [0.25, 0.3) is 19.3 Å². The number of hydrogen-bond donors (Lipinski definition) is 0. The van der Waals surface area contributed by atoms with Gasteiger partial charge in [0.25, 0.3) is 0 Å². The van der Waals surface area contributed by atoms with Crippen molar-refractivity contribution in [2.45, 2.75) is 6.92 Å². The van der Waals surface area contributed by atoms with Crippen LogP contribution in [-0.4, -0.2) is 14.5 Å². The molecule has 0 nitrogen and oxygen atoms in total. The third-order valence-electron chi connectivity index (χ3n) is 2.62. The first-order chi connectivity index (χ1) is 7.33. The Morgan fingerprint density at radius 3 is 2.53 bits per heavy atom. The van der Waals surface area contributed by atoms with Crippen molar-refractivity contribution in [3.05, 3.63) is 54.1 Å². The molecule has 0 amide bonds. The van der Waals surface area contributed by atoms with Gasteiger partial charge in [-0.2, -0.15) is 0 Å². The van der Waals surface area contributed by atoms with Crippen LogP contribution in [0.2, 0.25) is 0 Å². The van der Waals surface area contributed by atoms with E-state index < -0.39 is 0 Å². The number of fused-ring (bicyclic) bond motifs is 2. The summed E-state index contributed by atoms with van der Waals surface area (Å²) in [6.07, 6.45) is 0. The number of hydrogen-bond acceptors (Lipinski definition) is 0. The first-order valence-corrected chi connectivity index (χ1v) is 6.76. The van der Waals surface area contributed by atoms with Crippen molar-refractivity contribution in [1.29, 1.82) is 0 Å². The molecule has 0 radical (unpaired) electrons. The second-order valence-electron chi connectivity index (χ2n) is 3.83. The third kappa shape index (κ3) is 1.58. The van der Waals surface area contributed by atoms with E-state index in [-0.39, 0.29) is 0 Å². The molecule has 15 heavy (non-hydrogen) atoms. The number of benzene rings is 2. The predicted molar refractivity (Wildman–Crippen MR) is 67.5 cm³/mol. The molecule has 1 heterocycles. The van der Waals surface area contributed by atoms with E-state index in [1.165, 1.54) is 24.9 Å². The van der Waals surface area contributed by atoms with Crippen LogP contribution in [0.5, 0.6) is 0 Å². The normalized spacial score (nSPS) is 11.0.